The van der Waals surface area contributed by atoms with Crippen molar-refractivity contribution in [2.45, 2.75) is 0 Å². The van der Waals surface area contributed by atoms with Crippen LogP contribution in [0.3, 0.4) is 0 Å². The van der Waals surface area contributed by atoms with Crippen molar-refractivity contribution in [2.75, 3.05) is 0 Å². The minimum atomic E-state index is 0.361. The SMILES string of the molecule is On1cnccc1=S. The molecule has 0 saturated carbocycles. The van der Waals surface area contributed by atoms with Crippen LogP contribution in [0.15, 0.2) is 18.6 Å². The Hall–Kier alpha value is -0.900. The van der Waals surface area contributed by atoms with Gasteiger partial charge in [0, 0.05) is 6.20 Å². The van der Waals surface area contributed by atoms with E-state index in [2.05, 4.69) is 17.2 Å². The van der Waals surface area contributed by atoms with Gasteiger partial charge in [-0.2, -0.15) is 4.73 Å². The molecule has 0 radical (unpaired) electrons. The fraction of sp³-hybridized carbons (Fsp3) is 0. The number of aromatic nitrogens is 2. The highest BCUT2D eigenvalue weighted by Crippen LogP contribution is 1.82. The molecule has 1 N–H and O–H groups in total. The molecule has 1 rings (SSSR count). The van der Waals surface area contributed by atoms with Crippen LogP contribution in [-0.4, -0.2) is 14.9 Å². The van der Waals surface area contributed by atoms with Crippen LogP contribution in [0.4, 0.5) is 0 Å². The van der Waals surface area contributed by atoms with Gasteiger partial charge in [-0.05, 0) is 6.07 Å². The molecule has 0 spiro atoms. The molecule has 4 heteroatoms. The third kappa shape index (κ3) is 0.840. The molecule has 8 heavy (non-hydrogen) atoms. The molecule has 1 heterocycles. The van der Waals surface area contributed by atoms with Crippen LogP contribution in [0, 0.1) is 4.64 Å². The lowest BCUT2D eigenvalue weighted by Gasteiger charge is -1.89. The summed E-state index contributed by atoms with van der Waals surface area (Å²) in [4.78, 5) is 3.59. The zero-order chi connectivity index (χ0) is 5.98. The summed E-state index contributed by atoms with van der Waals surface area (Å²) >= 11 is 4.63. The van der Waals surface area contributed by atoms with Gasteiger partial charge in [-0.1, -0.05) is 12.2 Å². The number of hydrogen-bond donors (Lipinski definition) is 1. The zero-order valence-electron chi connectivity index (χ0n) is 3.98. The largest absolute Gasteiger partial charge is 0.426 e. The molecule has 0 aliphatic rings. The van der Waals surface area contributed by atoms with Crippen LogP contribution in [0.1, 0.15) is 0 Å². The Labute approximate surface area is 51.2 Å². The van der Waals surface area contributed by atoms with Gasteiger partial charge in [-0.25, -0.2) is 4.98 Å². The molecule has 1 aromatic heterocycles. The lowest BCUT2D eigenvalue weighted by atomic mass is 10.7. The van der Waals surface area contributed by atoms with Gasteiger partial charge in [-0.3, -0.25) is 0 Å². The van der Waals surface area contributed by atoms with Crippen LogP contribution < -0.4 is 0 Å². The van der Waals surface area contributed by atoms with Crippen LogP contribution in [0.25, 0.3) is 0 Å². The van der Waals surface area contributed by atoms with Crippen molar-refractivity contribution in [3.05, 3.63) is 23.2 Å². The molecule has 1 aromatic rings. The van der Waals surface area contributed by atoms with Gasteiger partial charge in [-0.15, -0.1) is 0 Å². The van der Waals surface area contributed by atoms with Crippen LogP contribution in [-0.2, 0) is 0 Å². The summed E-state index contributed by atoms with van der Waals surface area (Å²) < 4.78 is 1.15. The van der Waals surface area contributed by atoms with Gasteiger partial charge in [0.15, 0.2) is 0 Å². The van der Waals surface area contributed by atoms with Crippen molar-refractivity contribution in [1.29, 1.82) is 0 Å². The Kier molecular flexibility index (Phi) is 1.26. The first-order valence-electron chi connectivity index (χ1n) is 2.02. The summed E-state index contributed by atoms with van der Waals surface area (Å²) in [6, 6.07) is 1.54. The van der Waals surface area contributed by atoms with Gasteiger partial charge in [0.1, 0.15) is 11.0 Å². The first-order chi connectivity index (χ1) is 3.80. The average Bonchev–Trinajstić information content (AvgIpc) is 1.77. The minimum absolute atomic E-state index is 0.361. The molecule has 0 atom stereocenters. The molecule has 0 aliphatic carbocycles. The van der Waals surface area contributed by atoms with Crippen LogP contribution >= 0.6 is 12.2 Å². The second-order valence-corrected chi connectivity index (χ2v) is 1.68. The minimum Gasteiger partial charge on any atom is -0.426 e. The number of nitrogens with zero attached hydrogens (tertiary/aromatic N) is 2. The summed E-state index contributed by atoms with van der Waals surface area (Å²) in [5.41, 5.74) is 0. The van der Waals surface area contributed by atoms with Gasteiger partial charge in [0.2, 0.25) is 0 Å². The summed E-state index contributed by atoms with van der Waals surface area (Å²) in [7, 11) is 0. The summed E-state index contributed by atoms with van der Waals surface area (Å²) in [6.45, 7) is 0. The molecular weight excluding hydrogens is 124 g/mol. The second kappa shape index (κ2) is 1.92. The van der Waals surface area contributed by atoms with Gasteiger partial charge in [0.25, 0.3) is 0 Å². The molecule has 0 aliphatic heterocycles. The van der Waals surface area contributed by atoms with Crippen molar-refractivity contribution in [1.82, 2.24) is 9.71 Å². The monoisotopic (exact) mass is 128 g/mol. The van der Waals surface area contributed by atoms with E-state index in [9.17, 15) is 0 Å². The lowest BCUT2D eigenvalue weighted by molar-refractivity contribution is 0.176. The molecule has 0 aromatic carbocycles. The van der Waals surface area contributed by atoms with Crippen molar-refractivity contribution < 1.29 is 5.21 Å². The summed E-state index contributed by atoms with van der Waals surface area (Å²) in [5.74, 6) is 0. The lowest BCUT2D eigenvalue weighted by Crippen LogP contribution is -1.92. The van der Waals surface area contributed by atoms with E-state index in [-0.39, 0.29) is 0 Å². The molecule has 42 valence electrons. The highest BCUT2D eigenvalue weighted by Gasteiger charge is 1.79. The Morgan fingerprint density at radius 2 is 2.50 bits per heavy atom. The zero-order valence-corrected chi connectivity index (χ0v) is 4.80. The predicted molar refractivity (Wildman–Crippen MR) is 30.2 cm³/mol. The Balaban J connectivity index is 3.35. The van der Waals surface area contributed by atoms with E-state index in [4.69, 9.17) is 5.21 Å². The van der Waals surface area contributed by atoms with Crippen LogP contribution in [0.2, 0.25) is 0 Å². The fourth-order valence-electron chi connectivity index (χ4n) is 0.342. The quantitative estimate of drug-likeness (QED) is 0.416. The highest BCUT2D eigenvalue weighted by molar-refractivity contribution is 7.71. The molecular formula is C4H4N2OS. The smallest absolute Gasteiger partial charge is 0.145 e. The Bertz CT molecular complexity index is 231. The number of rotatable bonds is 0. The Morgan fingerprint density at radius 1 is 1.75 bits per heavy atom. The highest BCUT2D eigenvalue weighted by atomic mass is 32.1. The van der Waals surface area contributed by atoms with E-state index < -0.39 is 0 Å². The molecule has 0 bridgehead atoms. The molecule has 0 amide bonds. The Morgan fingerprint density at radius 3 is 2.88 bits per heavy atom. The van der Waals surface area contributed by atoms with E-state index in [1.165, 1.54) is 18.6 Å². The fourth-order valence-corrected chi connectivity index (χ4v) is 0.450. The van der Waals surface area contributed by atoms with Crippen LogP contribution in [0.5, 0.6) is 0 Å². The van der Waals surface area contributed by atoms with Crippen molar-refractivity contribution in [2.24, 2.45) is 0 Å². The van der Waals surface area contributed by atoms with E-state index >= 15 is 0 Å². The molecule has 0 fully saturated rings. The van der Waals surface area contributed by atoms with Crippen molar-refractivity contribution >= 4 is 12.2 Å². The van der Waals surface area contributed by atoms with Crippen molar-refractivity contribution in [3.8, 4) is 0 Å². The molecule has 0 unspecified atom stereocenters. The van der Waals surface area contributed by atoms with E-state index in [1.54, 1.807) is 0 Å². The molecule has 3 nitrogen and oxygen atoms in total. The number of hydrogen-bond acceptors (Lipinski definition) is 3. The first-order valence-corrected chi connectivity index (χ1v) is 2.43. The van der Waals surface area contributed by atoms with E-state index in [0.717, 1.165) is 4.73 Å². The van der Waals surface area contributed by atoms with Gasteiger partial charge < -0.3 is 5.21 Å². The summed E-state index contributed by atoms with van der Waals surface area (Å²) in [6.07, 6.45) is 2.76. The van der Waals surface area contributed by atoms with Gasteiger partial charge in [0.05, 0.1) is 0 Å². The third-order valence-corrected chi connectivity index (χ3v) is 1.03. The second-order valence-electron chi connectivity index (χ2n) is 1.26. The maximum absolute atomic E-state index is 8.67. The van der Waals surface area contributed by atoms with Gasteiger partial charge >= 0.3 is 0 Å². The third-order valence-electron chi connectivity index (χ3n) is 0.705. The topological polar surface area (TPSA) is 38.0 Å². The summed E-state index contributed by atoms with van der Waals surface area (Å²) in [5, 5.41) is 8.67. The molecule has 0 saturated heterocycles. The van der Waals surface area contributed by atoms with E-state index in [0.29, 0.717) is 4.64 Å². The maximum Gasteiger partial charge on any atom is 0.145 e. The van der Waals surface area contributed by atoms with Crippen molar-refractivity contribution in [3.63, 3.8) is 0 Å². The van der Waals surface area contributed by atoms with E-state index in [1.807, 2.05) is 0 Å². The average molecular weight is 128 g/mol. The predicted octanol–water partition coefficient (Wildman–Crippen LogP) is 0.850. The standard InChI is InChI=1S/C4H4N2OS/c7-6-3-5-2-1-4(6)8/h1-3,7H. The normalized spacial score (nSPS) is 9.00. The first kappa shape index (κ1) is 5.24. The maximum atomic E-state index is 8.67.